The molecule has 1 fully saturated rings. The van der Waals surface area contributed by atoms with Crippen molar-refractivity contribution in [3.05, 3.63) is 53.7 Å². The molecule has 0 bridgehead atoms. The van der Waals surface area contributed by atoms with Gasteiger partial charge in [0.25, 0.3) is 17.6 Å². The van der Waals surface area contributed by atoms with Crippen LogP contribution in [0.25, 0.3) is 11.3 Å². The average molecular weight is 373 g/mol. The Hall–Kier alpha value is -3.07. The summed E-state index contributed by atoms with van der Waals surface area (Å²) in [5, 5.41) is 21.7. The molecule has 9 heteroatoms. The zero-order chi connectivity index (χ0) is 19.0. The van der Waals surface area contributed by atoms with Crippen LogP contribution in [0, 0.1) is 5.82 Å². The van der Waals surface area contributed by atoms with E-state index >= 15 is 0 Å². The molecule has 1 aliphatic carbocycles. The van der Waals surface area contributed by atoms with E-state index in [1.54, 1.807) is 37.3 Å². The van der Waals surface area contributed by atoms with Crippen LogP contribution in [0.4, 0.5) is 4.39 Å². The molecule has 1 atom stereocenters. The zero-order valence-electron chi connectivity index (χ0n) is 14.5. The molecule has 1 aromatic carbocycles. The molecule has 1 saturated carbocycles. The third kappa shape index (κ3) is 3.33. The lowest BCUT2D eigenvalue weighted by molar-refractivity contribution is 0.0858. The molecule has 8 nitrogen and oxygen atoms in total. The molecular formula is C18H18FN4O4+. The highest BCUT2D eigenvalue weighted by Crippen LogP contribution is 2.36. The Morgan fingerprint density at radius 2 is 2.04 bits per heavy atom. The van der Waals surface area contributed by atoms with Gasteiger partial charge in [0.1, 0.15) is 0 Å². The van der Waals surface area contributed by atoms with Crippen molar-refractivity contribution in [2.75, 3.05) is 0 Å². The summed E-state index contributed by atoms with van der Waals surface area (Å²) < 4.78 is 24.9. The van der Waals surface area contributed by atoms with E-state index in [0.29, 0.717) is 24.3 Å². The number of hydrogen-bond acceptors (Lipinski definition) is 6. The van der Waals surface area contributed by atoms with Gasteiger partial charge in [0, 0.05) is 24.4 Å². The number of nitrogens with zero attached hydrogens (tertiary/aromatic N) is 3. The number of rotatable bonds is 5. The summed E-state index contributed by atoms with van der Waals surface area (Å²) in [5.74, 6) is -1.09. The van der Waals surface area contributed by atoms with E-state index in [0.717, 1.165) is 0 Å². The van der Waals surface area contributed by atoms with Crippen LogP contribution in [-0.2, 0) is 0 Å². The molecule has 0 unspecified atom stereocenters. The van der Waals surface area contributed by atoms with E-state index in [2.05, 4.69) is 20.7 Å². The van der Waals surface area contributed by atoms with Crippen molar-refractivity contribution in [2.45, 2.75) is 37.8 Å². The molecule has 2 aromatic heterocycles. The minimum atomic E-state index is -0.777. The van der Waals surface area contributed by atoms with Crippen molar-refractivity contribution in [1.29, 1.82) is 0 Å². The van der Waals surface area contributed by atoms with Gasteiger partial charge in [0.15, 0.2) is 5.69 Å². The first-order chi connectivity index (χ1) is 13.0. The maximum atomic E-state index is 14.5. The fourth-order valence-corrected chi connectivity index (χ4v) is 2.97. The van der Waals surface area contributed by atoms with Crippen molar-refractivity contribution in [1.82, 2.24) is 20.7 Å². The van der Waals surface area contributed by atoms with Gasteiger partial charge >= 0.3 is 0 Å². The van der Waals surface area contributed by atoms with Gasteiger partial charge in [-0.1, -0.05) is 35.5 Å². The SMILES string of the molecule is C[C@@H]([OH2+])c1nnc(C2CC(NC(=O)c3onc(-c4ccccc4)c3F)C2)o1. The second kappa shape index (κ2) is 6.92. The number of aromatic nitrogens is 3. The van der Waals surface area contributed by atoms with Crippen LogP contribution in [0.15, 0.2) is 39.3 Å². The highest BCUT2D eigenvalue weighted by Gasteiger charge is 2.37. The Bertz CT molecular complexity index is 947. The molecule has 1 amide bonds. The monoisotopic (exact) mass is 373 g/mol. The number of benzene rings is 1. The Morgan fingerprint density at radius 3 is 2.70 bits per heavy atom. The van der Waals surface area contributed by atoms with E-state index in [1.165, 1.54) is 0 Å². The first kappa shape index (κ1) is 17.3. The van der Waals surface area contributed by atoms with E-state index < -0.39 is 23.6 Å². The number of nitrogens with one attached hydrogen (secondary N) is 1. The molecule has 3 aromatic rings. The van der Waals surface area contributed by atoms with Crippen LogP contribution in [-0.4, -0.2) is 32.4 Å². The largest absolute Gasteiger partial charge is 0.436 e. The molecular weight excluding hydrogens is 355 g/mol. The molecule has 0 spiro atoms. The van der Waals surface area contributed by atoms with E-state index in [-0.39, 0.29) is 23.5 Å². The molecule has 0 aliphatic heterocycles. The highest BCUT2D eigenvalue weighted by atomic mass is 19.1. The molecule has 4 rings (SSSR count). The number of carbonyl (C=O) groups excluding carboxylic acids is 1. The Balaban J connectivity index is 1.37. The van der Waals surface area contributed by atoms with Gasteiger partial charge in [-0.3, -0.25) is 4.79 Å². The first-order valence-electron chi connectivity index (χ1n) is 8.58. The fraction of sp³-hybridized carbons (Fsp3) is 0.333. The minimum Gasteiger partial charge on any atom is -0.436 e. The number of halogens is 1. The standard InChI is InChI=1S/C18H17FN4O4/c1-9(24)17-21-22-18(26-17)11-7-12(8-11)20-16(25)15-13(19)14(23-27-15)10-5-3-2-4-6-10/h2-6,9,11-12,24H,7-8H2,1H3,(H,20,25)/p+1/t9-,11?,12?/m1/s1. The van der Waals surface area contributed by atoms with Crippen LogP contribution in [0.2, 0.25) is 0 Å². The molecule has 2 heterocycles. The quantitative estimate of drug-likeness (QED) is 0.686. The van der Waals surface area contributed by atoms with Gasteiger partial charge in [-0.05, 0) is 12.8 Å². The number of carbonyl (C=O) groups is 1. The molecule has 140 valence electrons. The average Bonchev–Trinajstić information content (AvgIpc) is 3.25. The minimum absolute atomic E-state index is 0.00939. The molecule has 3 N–H and O–H groups in total. The van der Waals surface area contributed by atoms with Gasteiger partial charge in [0.2, 0.25) is 17.8 Å². The summed E-state index contributed by atoms with van der Waals surface area (Å²) in [5.41, 5.74) is 0.549. The zero-order valence-corrected chi connectivity index (χ0v) is 14.5. The fourth-order valence-electron chi connectivity index (χ4n) is 2.97. The van der Waals surface area contributed by atoms with Crippen LogP contribution < -0.4 is 5.32 Å². The molecule has 0 saturated heterocycles. The van der Waals surface area contributed by atoms with Gasteiger partial charge < -0.3 is 19.4 Å². The lowest BCUT2D eigenvalue weighted by Gasteiger charge is -2.33. The summed E-state index contributed by atoms with van der Waals surface area (Å²) in [6, 6.07) is 8.55. The summed E-state index contributed by atoms with van der Waals surface area (Å²) in [6.45, 7) is 1.65. The highest BCUT2D eigenvalue weighted by molar-refractivity contribution is 5.93. The van der Waals surface area contributed by atoms with Crippen molar-refractivity contribution in [2.24, 2.45) is 0 Å². The molecule has 1 aliphatic rings. The number of hydrogen-bond donors (Lipinski definition) is 1. The van der Waals surface area contributed by atoms with Crippen LogP contribution >= 0.6 is 0 Å². The third-order valence-electron chi connectivity index (χ3n) is 4.54. The maximum Gasteiger partial charge on any atom is 0.296 e. The smallest absolute Gasteiger partial charge is 0.296 e. The van der Waals surface area contributed by atoms with Gasteiger partial charge in [-0.25, -0.2) is 0 Å². The topological polar surface area (TPSA) is 117 Å². The Kier molecular flexibility index (Phi) is 4.44. The summed E-state index contributed by atoms with van der Waals surface area (Å²) in [7, 11) is 0. The van der Waals surface area contributed by atoms with Crippen molar-refractivity contribution in [3.8, 4) is 11.3 Å². The molecule has 27 heavy (non-hydrogen) atoms. The van der Waals surface area contributed by atoms with Crippen molar-refractivity contribution >= 4 is 5.91 Å². The van der Waals surface area contributed by atoms with E-state index in [4.69, 9.17) is 14.0 Å². The van der Waals surface area contributed by atoms with Crippen LogP contribution in [0.3, 0.4) is 0 Å². The van der Waals surface area contributed by atoms with Crippen molar-refractivity contribution < 1.29 is 23.2 Å². The van der Waals surface area contributed by atoms with Gasteiger partial charge in [-0.2, -0.15) is 4.39 Å². The maximum absolute atomic E-state index is 14.5. The van der Waals surface area contributed by atoms with Gasteiger partial charge in [-0.15, -0.1) is 10.2 Å². The van der Waals surface area contributed by atoms with E-state index in [9.17, 15) is 9.18 Å². The normalized spacial score (nSPS) is 20.1. The van der Waals surface area contributed by atoms with Crippen LogP contribution in [0.5, 0.6) is 0 Å². The Labute approximate surface area is 153 Å². The van der Waals surface area contributed by atoms with E-state index in [1.807, 2.05) is 0 Å². The Morgan fingerprint density at radius 1 is 1.30 bits per heavy atom. The predicted octanol–water partition coefficient (Wildman–Crippen LogP) is 2.33. The predicted molar refractivity (Wildman–Crippen MR) is 91.5 cm³/mol. The lowest BCUT2D eigenvalue weighted by Crippen LogP contribution is -2.43. The summed E-state index contributed by atoms with van der Waals surface area (Å²) >= 11 is 0. The third-order valence-corrected chi connectivity index (χ3v) is 4.54. The summed E-state index contributed by atoms with van der Waals surface area (Å²) in [6.07, 6.45) is 0.623. The lowest BCUT2D eigenvalue weighted by atomic mass is 9.80. The second-order valence-corrected chi connectivity index (χ2v) is 6.58. The van der Waals surface area contributed by atoms with Gasteiger partial charge in [0.05, 0.1) is 0 Å². The first-order valence-corrected chi connectivity index (χ1v) is 8.58. The molecule has 0 radical (unpaired) electrons. The summed E-state index contributed by atoms with van der Waals surface area (Å²) in [4.78, 5) is 12.3. The van der Waals surface area contributed by atoms with Crippen molar-refractivity contribution in [3.63, 3.8) is 0 Å². The van der Waals surface area contributed by atoms with Crippen LogP contribution in [0.1, 0.15) is 54.1 Å². The second-order valence-electron chi connectivity index (χ2n) is 6.58. The number of amides is 1.